The van der Waals surface area contributed by atoms with Gasteiger partial charge in [0.25, 0.3) is 0 Å². The van der Waals surface area contributed by atoms with Crippen molar-refractivity contribution in [3.8, 4) is 11.8 Å². The summed E-state index contributed by atoms with van der Waals surface area (Å²) in [7, 11) is 0. The molecule has 3 heteroatoms. The maximum Gasteiger partial charge on any atom is 0.136 e. The van der Waals surface area contributed by atoms with Gasteiger partial charge < -0.3 is 10.0 Å². The van der Waals surface area contributed by atoms with E-state index in [1.165, 1.54) is 0 Å². The zero-order valence-corrected chi connectivity index (χ0v) is 10.2. The van der Waals surface area contributed by atoms with E-state index in [9.17, 15) is 5.11 Å². The van der Waals surface area contributed by atoms with E-state index in [0.29, 0.717) is 11.5 Å². The molecule has 90 valence electrons. The Morgan fingerprint density at radius 3 is 2.71 bits per heavy atom. The number of nitriles is 1. The first-order valence-electron chi connectivity index (χ1n) is 6.20. The Bertz CT molecular complexity index is 428. The van der Waals surface area contributed by atoms with Crippen molar-refractivity contribution < 1.29 is 5.11 Å². The number of rotatable bonds is 2. The van der Waals surface area contributed by atoms with Crippen molar-refractivity contribution in [2.75, 3.05) is 19.6 Å². The molecule has 1 aliphatic rings. The van der Waals surface area contributed by atoms with Gasteiger partial charge in [-0.25, -0.2) is 0 Å². The molecule has 0 saturated carbocycles. The SMILES string of the molecule is CCN1CCC(c2cccc(C#N)c2O)CC1. The average molecular weight is 230 g/mol. The average Bonchev–Trinajstić information content (AvgIpc) is 2.39. The summed E-state index contributed by atoms with van der Waals surface area (Å²) in [6, 6.07) is 7.51. The van der Waals surface area contributed by atoms with Crippen molar-refractivity contribution in [3.63, 3.8) is 0 Å². The summed E-state index contributed by atoms with van der Waals surface area (Å²) in [5.41, 5.74) is 1.33. The number of para-hydroxylation sites is 1. The molecular weight excluding hydrogens is 212 g/mol. The number of hydrogen-bond donors (Lipinski definition) is 1. The highest BCUT2D eigenvalue weighted by molar-refractivity contribution is 5.48. The highest BCUT2D eigenvalue weighted by atomic mass is 16.3. The van der Waals surface area contributed by atoms with Crippen LogP contribution in [0.15, 0.2) is 18.2 Å². The Morgan fingerprint density at radius 2 is 2.12 bits per heavy atom. The molecule has 0 unspecified atom stereocenters. The number of aromatic hydroxyl groups is 1. The minimum absolute atomic E-state index is 0.185. The molecule has 0 spiro atoms. The van der Waals surface area contributed by atoms with E-state index in [4.69, 9.17) is 5.26 Å². The van der Waals surface area contributed by atoms with Crippen LogP contribution in [-0.4, -0.2) is 29.6 Å². The van der Waals surface area contributed by atoms with Gasteiger partial charge >= 0.3 is 0 Å². The van der Waals surface area contributed by atoms with Gasteiger partial charge in [0.2, 0.25) is 0 Å². The summed E-state index contributed by atoms with van der Waals surface area (Å²) in [6.07, 6.45) is 2.13. The molecule has 1 aromatic rings. The first-order valence-corrected chi connectivity index (χ1v) is 6.20. The number of piperidine rings is 1. The van der Waals surface area contributed by atoms with Gasteiger partial charge in [0.1, 0.15) is 11.8 Å². The van der Waals surface area contributed by atoms with Crippen LogP contribution in [0.3, 0.4) is 0 Å². The topological polar surface area (TPSA) is 47.3 Å². The van der Waals surface area contributed by atoms with Crippen molar-refractivity contribution >= 4 is 0 Å². The van der Waals surface area contributed by atoms with Gasteiger partial charge in [-0.15, -0.1) is 0 Å². The number of phenols is 1. The minimum Gasteiger partial charge on any atom is -0.506 e. The lowest BCUT2D eigenvalue weighted by molar-refractivity contribution is 0.221. The summed E-state index contributed by atoms with van der Waals surface area (Å²) in [5, 5.41) is 18.9. The number of benzene rings is 1. The van der Waals surface area contributed by atoms with Gasteiger partial charge in [-0.1, -0.05) is 19.1 Å². The maximum absolute atomic E-state index is 10.0. The lowest BCUT2D eigenvalue weighted by Crippen LogP contribution is -2.32. The van der Waals surface area contributed by atoms with E-state index in [1.807, 2.05) is 18.2 Å². The van der Waals surface area contributed by atoms with Gasteiger partial charge in [0.05, 0.1) is 5.56 Å². The van der Waals surface area contributed by atoms with Crippen LogP contribution in [0.25, 0.3) is 0 Å². The van der Waals surface area contributed by atoms with Crippen LogP contribution < -0.4 is 0 Å². The second-order valence-electron chi connectivity index (χ2n) is 4.56. The van der Waals surface area contributed by atoms with Gasteiger partial charge in [0.15, 0.2) is 0 Å². The molecule has 2 rings (SSSR count). The molecule has 1 saturated heterocycles. The lowest BCUT2D eigenvalue weighted by Gasteiger charge is -2.31. The Labute approximate surface area is 102 Å². The van der Waals surface area contributed by atoms with Crippen LogP contribution in [0.4, 0.5) is 0 Å². The minimum atomic E-state index is 0.185. The number of nitrogens with zero attached hydrogens (tertiary/aromatic N) is 2. The zero-order valence-electron chi connectivity index (χ0n) is 10.2. The summed E-state index contributed by atoms with van der Waals surface area (Å²) < 4.78 is 0. The van der Waals surface area contributed by atoms with Crippen molar-refractivity contribution in [3.05, 3.63) is 29.3 Å². The fourth-order valence-corrected chi connectivity index (χ4v) is 2.54. The summed E-state index contributed by atoms with van der Waals surface area (Å²) in [5.74, 6) is 0.580. The Hall–Kier alpha value is -1.53. The Morgan fingerprint density at radius 1 is 1.41 bits per heavy atom. The fourth-order valence-electron chi connectivity index (χ4n) is 2.54. The van der Waals surface area contributed by atoms with E-state index < -0.39 is 0 Å². The van der Waals surface area contributed by atoms with Gasteiger partial charge in [-0.3, -0.25) is 0 Å². The molecular formula is C14H18N2O. The van der Waals surface area contributed by atoms with E-state index >= 15 is 0 Å². The largest absolute Gasteiger partial charge is 0.506 e. The van der Waals surface area contributed by atoms with Crippen molar-refractivity contribution in [1.82, 2.24) is 4.90 Å². The zero-order chi connectivity index (χ0) is 12.3. The second-order valence-corrected chi connectivity index (χ2v) is 4.56. The van der Waals surface area contributed by atoms with Crippen LogP contribution in [0, 0.1) is 11.3 Å². The predicted molar refractivity (Wildman–Crippen MR) is 66.9 cm³/mol. The van der Waals surface area contributed by atoms with E-state index in [0.717, 1.165) is 38.0 Å². The van der Waals surface area contributed by atoms with Crippen molar-refractivity contribution in [1.29, 1.82) is 5.26 Å². The summed E-state index contributed by atoms with van der Waals surface area (Å²) in [6.45, 7) is 5.43. The maximum atomic E-state index is 10.0. The highest BCUT2D eigenvalue weighted by Gasteiger charge is 2.22. The molecule has 1 aliphatic heterocycles. The van der Waals surface area contributed by atoms with E-state index in [-0.39, 0.29) is 5.75 Å². The van der Waals surface area contributed by atoms with Crippen LogP contribution in [-0.2, 0) is 0 Å². The number of likely N-dealkylation sites (tertiary alicyclic amines) is 1. The molecule has 1 N–H and O–H groups in total. The normalized spacial score (nSPS) is 17.9. The molecule has 0 aliphatic carbocycles. The van der Waals surface area contributed by atoms with Gasteiger partial charge in [0, 0.05) is 0 Å². The van der Waals surface area contributed by atoms with Crippen LogP contribution in [0.2, 0.25) is 0 Å². The number of phenolic OH excluding ortho intramolecular Hbond substituents is 1. The monoisotopic (exact) mass is 230 g/mol. The van der Waals surface area contributed by atoms with E-state index in [1.54, 1.807) is 6.07 Å². The Balaban J connectivity index is 2.16. The van der Waals surface area contributed by atoms with Crippen LogP contribution in [0.5, 0.6) is 5.75 Å². The number of hydrogen-bond acceptors (Lipinski definition) is 3. The molecule has 17 heavy (non-hydrogen) atoms. The highest BCUT2D eigenvalue weighted by Crippen LogP contribution is 2.35. The molecule has 1 fully saturated rings. The second kappa shape index (κ2) is 5.20. The fraction of sp³-hybridized carbons (Fsp3) is 0.500. The molecule has 0 bridgehead atoms. The predicted octanol–water partition coefficient (Wildman–Crippen LogP) is 2.46. The van der Waals surface area contributed by atoms with Crippen LogP contribution in [0.1, 0.15) is 36.8 Å². The molecule has 0 amide bonds. The summed E-state index contributed by atoms with van der Waals surface area (Å²) in [4.78, 5) is 2.42. The van der Waals surface area contributed by atoms with Crippen molar-refractivity contribution in [2.24, 2.45) is 0 Å². The first-order chi connectivity index (χ1) is 8.26. The van der Waals surface area contributed by atoms with Crippen LogP contribution >= 0.6 is 0 Å². The van der Waals surface area contributed by atoms with Gasteiger partial charge in [-0.05, 0) is 50.0 Å². The molecule has 0 atom stereocenters. The lowest BCUT2D eigenvalue weighted by atomic mass is 9.88. The standard InChI is InChI=1S/C14H18N2O/c1-2-16-8-6-11(7-9-16)13-5-3-4-12(10-15)14(13)17/h3-5,11,17H,2,6-9H2,1H3. The molecule has 1 heterocycles. The first kappa shape index (κ1) is 11.9. The molecule has 3 nitrogen and oxygen atoms in total. The van der Waals surface area contributed by atoms with E-state index in [2.05, 4.69) is 11.8 Å². The quantitative estimate of drug-likeness (QED) is 0.849. The third kappa shape index (κ3) is 2.42. The molecule has 0 aromatic heterocycles. The smallest absolute Gasteiger partial charge is 0.136 e. The van der Waals surface area contributed by atoms with Gasteiger partial charge in [-0.2, -0.15) is 5.26 Å². The third-order valence-corrected chi connectivity index (χ3v) is 3.66. The molecule has 1 aromatic carbocycles. The Kier molecular flexibility index (Phi) is 3.65. The van der Waals surface area contributed by atoms with Crippen molar-refractivity contribution in [2.45, 2.75) is 25.7 Å². The summed E-state index contributed by atoms with van der Waals surface area (Å²) >= 11 is 0. The third-order valence-electron chi connectivity index (χ3n) is 3.66. The molecule has 0 radical (unpaired) electrons.